The molecule has 0 N–H and O–H groups in total. The van der Waals surface area contributed by atoms with E-state index in [2.05, 4.69) is 0 Å². The first-order chi connectivity index (χ1) is 6.93. The molecule has 18 heteroatoms. The van der Waals surface area contributed by atoms with Crippen LogP contribution in [0.25, 0.3) is 0 Å². The average Bonchev–Trinajstić information content (AvgIpc) is 1.76. The van der Waals surface area contributed by atoms with Gasteiger partial charge >= 0.3 is 162 Å². The predicted molar refractivity (Wildman–Crippen MR) is 8.50 cm³/mol. The maximum atomic E-state index is 8.58. The Balaban J connectivity index is -0.0000000257. The summed E-state index contributed by atoms with van der Waals surface area (Å²) < 4.78 is 103. The van der Waals surface area contributed by atoms with Gasteiger partial charge in [-0.1, -0.05) is 0 Å². The van der Waals surface area contributed by atoms with Crippen LogP contribution in [0, 0.1) is 0 Å². The topological polar surface area (TPSA) is 253 Å². The zero-order chi connectivity index (χ0) is 14.3. The Labute approximate surface area is 159 Å². The zero-order valence-electron chi connectivity index (χ0n) is 7.79. The van der Waals surface area contributed by atoms with Gasteiger partial charge in [0, 0.05) is 0 Å². The summed E-state index contributed by atoms with van der Waals surface area (Å²) in [5.41, 5.74) is 0. The monoisotopic (exact) mass is 644 g/mol. The Morgan fingerprint density at radius 1 is 0.444 bits per heavy atom. The fourth-order valence-corrected chi connectivity index (χ4v) is 0. The maximum absolute atomic E-state index is 8.58. The zero-order valence-corrected chi connectivity index (χ0v) is 18.9. The Morgan fingerprint density at radius 3 is 0.444 bits per heavy atom. The summed E-state index contributed by atoms with van der Waals surface area (Å²) in [7, 11) is 0. The molecule has 2 radical (unpaired) electrons. The second kappa shape index (κ2) is 32.2. The third-order valence-electron chi connectivity index (χ3n) is 0. The van der Waals surface area contributed by atoms with Gasteiger partial charge < -0.3 is 0 Å². The number of rotatable bonds is 0. The van der Waals surface area contributed by atoms with E-state index in [4.69, 9.17) is 42.8 Å². The van der Waals surface area contributed by atoms with E-state index in [-0.39, 0.29) is 44.8 Å². The molecule has 0 fully saturated rings. The molecule has 0 aliphatic heterocycles. The molecule has 18 heavy (non-hydrogen) atoms. The summed E-state index contributed by atoms with van der Waals surface area (Å²) >= 11 is -16.3. The molecule has 0 unspecified atom stereocenters. The van der Waals surface area contributed by atoms with Gasteiger partial charge in [0.2, 0.25) is 0 Å². The van der Waals surface area contributed by atoms with E-state index in [1.807, 2.05) is 0 Å². The molecule has 0 spiro atoms. The van der Waals surface area contributed by atoms with Crippen molar-refractivity contribution in [1.29, 1.82) is 0 Å². The van der Waals surface area contributed by atoms with Crippen molar-refractivity contribution < 1.29 is 136 Å². The quantitative estimate of drug-likeness (QED) is 0.223. The smallest absolute Gasteiger partial charge is 5.00 e. The third-order valence-corrected chi connectivity index (χ3v) is 0. The van der Waals surface area contributed by atoms with Gasteiger partial charge in [0.1, 0.15) is 0 Å². The Hall–Kier alpha value is 3.20. The first-order valence-electron chi connectivity index (χ1n) is 2.45. The van der Waals surface area contributed by atoms with E-state index in [0.717, 1.165) is 0 Å². The maximum Gasteiger partial charge on any atom is 5.00 e. The molecule has 0 aliphatic rings. The second-order valence-electron chi connectivity index (χ2n) is 1.00. The Morgan fingerprint density at radius 2 is 0.444 bits per heavy atom. The predicted octanol–water partition coefficient (Wildman–Crippen LogP) is -10.4. The van der Waals surface area contributed by atoms with Crippen molar-refractivity contribution in [2.75, 3.05) is 0 Å². The molecule has 0 atom stereocenters. The van der Waals surface area contributed by atoms with Crippen LogP contribution in [0.5, 0.6) is 0 Å². The van der Waals surface area contributed by atoms with Crippen molar-refractivity contribution in [2.24, 2.45) is 0 Å². The van der Waals surface area contributed by atoms with Crippen LogP contribution in [-0.4, -0.2) is 26.2 Å². The molecule has 0 aromatic heterocycles. The van der Waals surface area contributed by atoms with Crippen LogP contribution in [0.1, 0.15) is 0 Å². The van der Waals surface area contributed by atoms with Gasteiger partial charge in [-0.25, -0.2) is 0 Å². The minimum atomic E-state index is -4.08. The van der Waals surface area contributed by atoms with Crippen LogP contribution < -0.4 is 29.5 Å². The largest absolute Gasteiger partial charge is 5.00 e. The normalized spacial score (nSPS) is 5.78. The third kappa shape index (κ3) is 620. The van der Waals surface area contributed by atoms with Gasteiger partial charge in [-0.2, -0.15) is 0 Å². The molecule has 0 aromatic rings. The summed E-state index contributed by atoms with van der Waals surface area (Å²) in [6.45, 7) is 0. The minimum Gasteiger partial charge on any atom is 5.00 e. The van der Waals surface area contributed by atoms with E-state index in [9.17, 15) is 0 Å². The van der Waals surface area contributed by atoms with Gasteiger partial charge in [-0.15, -0.1) is 0 Å². The fourth-order valence-electron chi connectivity index (χ4n) is 0. The van der Waals surface area contributed by atoms with Crippen molar-refractivity contribution in [2.45, 2.75) is 0 Å². The fraction of sp³-hybridized carbons (Fsp3) is 0. The van der Waals surface area contributed by atoms with E-state index >= 15 is 0 Å². The van der Waals surface area contributed by atoms with E-state index < -0.39 is 74.5 Å². The number of hydrogen-bond acceptors (Lipinski definition) is 12. The van der Waals surface area contributed by atoms with Crippen molar-refractivity contribution in [3.05, 3.63) is 0 Å². The SMILES string of the molecule is [Bi+3].[O]=[Ti]([O-])[O-].[O]=[Ti]([O-])[O-].[O]=[Ti]([O-])[O-].[O]=[Ti]([O-])[O-].[V+5]. The van der Waals surface area contributed by atoms with Gasteiger partial charge in [-0.05, 0) is 0 Å². The first-order valence-corrected chi connectivity index (χ1v) is 10.1. The summed E-state index contributed by atoms with van der Waals surface area (Å²) in [6, 6.07) is 0. The average molecular weight is 643 g/mol. The first kappa shape index (κ1) is 37.4. The summed E-state index contributed by atoms with van der Waals surface area (Å²) in [5.74, 6) is 0. The van der Waals surface area contributed by atoms with E-state index in [1.54, 1.807) is 0 Å². The van der Waals surface area contributed by atoms with Crippen LogP contribution in [0.15, 0.2) is 0 Å². The number of hydrogen-bond donors (Lipinski definition) is 0. The van der Waals surface area contributed by atoms with Crippen molar-refractivity contribution in [1.82, 2.24) is 0 Å². The standard InChI is InChI=1S/Bi.12O.4Ti.V/q+3;;;;;8*-1;;;;;+5. The molecule has 98 valence electrons. The van der Waals surface area contributed by atoms with Crippen molar-refractivity contribution >= 4 is 26.2 Å². The summed E-state index contributed by atoms with van der Waals surface area (Å²) in [6.07, 6.45) is 0. The Kier molecular flexibility index (Phi) is 67.1. The van der Waals surface area contributed by atoms with Gasteiger partial charge in [0.15, 0.2) is 0 Å². The Bertz CT molecular complexity index is 164. The summed E-state index contributed by atoms with van der Waals surface area (Å²) in [5, 5.41) is 0. The molecule has 0 aromatic carbocycles. The molecule has 0 saturated heterocycles. The van der Waals surface area contributed by atoms with Crippen LogP contribution in [0.2, 0.25) is 0 Å². The molecule has 0 aliphatic carbocycles. The van der Waals surface area contributed by atoms with Crippen molar-refractivity contribution in [3.63, 3.8) is 0 Å². The molecule has 0 heterocycles. The van der Waals surface area contributed by atoms with Crippen LogP contribution in [0.4, 0.5) is 0 Å². The molecular weight excluding hydrogens is 643 g/mol. The van der Waals surface area contributed by atoms with E-state index in [1.165, 1.54) is 0 Å². The minimum absolute atomic E-state index is 0. The van der Waals surface area contributed by atoms with E-state index in [0.29, 0.717) is 0 Å². The molecular formula is BiO12Ti4V. The van der Waals surface area contributed by atoms with Crippen LogP contribution >= 0.6 is 0 Å². The molecule has 0 bridgehead atoms. The summed E-state index contributed by atoms with van der Waals surface area (Å²) in [4.78, 5) is 0. The second-order valence-corrected chi connectivity index (χ2v) is 4.12. The van der Waals surface area contributed by atoms with Crippen molar-refractivity contribution in [3.8, 4) is 0 Å². The van der Waals surface area contributed by atoms with Crippen LogP contribution in [-0.2, 0) is 106 Å². The molecule has 0 amide bonds. The van der Waals surface area contributed by atoms with Gasteiger partial charge in [-0.3, -0.25) is 0 Å². The molecule has 0 saturated carbocycles. The van der Waals surface area contributed by atoms with Gasteiger partial charge in [0.25, 0.3) is 0 Å². The van der Waals surface area contributed by atoms with Crippen LogP contribution in [0.3, 0.4) is 0 Å². The molecule has 0 rings (SSSR count). The van der Waals surface area contributed by atoms with Gasteiger partial charge in [0.05, 0.1) is 0 Å². The molecule has 12 nitrogen and oxygen atoms in total.